The molecule has 42 heavy (non-hydrogen) atoms. The molecule has 2 amide bonds. The summed E-state index contributed by atoms with van der Waals surface area (Å²) in [5, 5.41) is 73.7. The van der Waals surface area contributed by atoms with Crippen LogP contribution in [0.3, 0.4) is 0 Å². The van der Waals surface area contributed by atoms with E-state index in [0.717, 1.165) is 5.01 Å². The average molecular weight is 581 g/mol. The number of nitrogens with zero attached hydrogens (tertiary/aromatic N) is 2. The van der Waals surface area contributed by atoms with Crippen LogP contribution >= 0.6 is 0 Å². The van der Waals surface area contributed by atoms with Gasteiger partial charge >= 0.3 is 0 Å². The van der Waals surface area contributed by atoms with Crippen molar-refractivity contribution >= 4 is 40.1 Å². The summed E-state index contributed by atoms with van der Waals surface area (Å²) in [4.78, 5) is 32.8. The molecule has 2 aliphatic carbocycles. The molecule has 0 radical (unpaired) electrons. The molecule has 1 saturated heterocycles. The zero-order chi connectivity index (χ0) is 29.6. The number of H-pyrrole nitrogens is 1. The third kappa shape index (κ3) is 3.57. The Morgan fingerprint density at radius 3 is 2.50 bits per heavy atom. The maximum Gasteiger partial charge on any atom is 0.276 e. The van der Waals surface area contributed by atoms with Crippen molar-refractivity contribution in [1.82, 2.24) is 15.4 Å². The highest BCUT2D eigenvalue weighted by Crippen LogP contribution is 2.43. The molecule has 1 unspecified atom stereocenters. The van der Waals surface area contributed by atoms with Crippen LogP contribution in [0.1, 0.15) is 26.3 Å². The van der Waals surface area contributed by atoms with Gasteiger partial charge in [0.15, 0.2) is 6.23 Å². The van der Waals surface area contributed by atoms with Crippen molar-refractivity contribution in [3.05, 3.63) is 63.1 Å². The summed E-state index contributed by atoms with van der Waals surface area (Å²) < 4.78 is 5.85. The van der Waals surface area contributed by atoms with Crippen LogP contribution in [0, 0.1) is 0 Å². The SMILES string of the molecule is O=C1c2c(c3c4c([nH]c3c3c2=C2C=CC(O)=CC2N3[C@@H]2OC[C@@H](O)[C@H](O)[C@H]2O)=CC(O)=CC4)C(=O)N1NC(CO)CO. The lowest BCUT2D eigenvalue weighted by Gasteiger charge is -2.43. The van der Waals surface area contributed by atoms with E-state index in [0.29, 0.717) is 38.3 Å². The fraction of sp³-hybridized carbons (Fsp3) is 0.357. The van der Waals surface area contributed by atoms with Crippen molar-refractivity contribution < 1.29 is 50.1 Å². The molecule has 5 atom stereocenters. The first-order valence-corrected chi connectivity index (χ1v) is 13.4. The van der Waals surface area contributed by atoms with Crippen LogP contribution in [-0.2, 0) is 11.2 Å². The van der Waals surface area contributed by atoms with Crippen molar-refractivity contribution in [1.29, 1.82) is 0 Å². The summed E-state index contributed by atoms with van der Waals surface area (Å²) in [7, 11) is 0. The number of amides is 2. The highest BCUT2D eigenvalue weighted by molar-refractivity contribution is 6.29. The second kappa shape index (κ2) is 9.50. The van der Waals surface area contributed by atoms with Crippen molar-refractivity contribution in [2.75, 3.05) is 24.7 Å². The topological polar surface area (TPSA) is 219 Å². The number of aromatic nitrogens is 1. The number of carbonyl (C=O) groups is 2. The Kier molecular flexibility index (Phi) is 6.07. The number of aliphatic hydroxyl groups is 7. The Balaban J connectivity index is 1.56. The fourth-order valence-electron chi connectivity index (χ4n) is 6.48. The molecule has 9 N–H and O–H groups in total. The molecule has 5 aliphatic rings. The lowest BCUT2D eigenvalue weighted by atomic mass is 9.93. The van der Waals surface area contributed by atoms with Crippen LogP contribution < -0.4 is 20.9 Å². The Morgan fingerprint density at radius 1 is 1.02 bits per heavy atom. The predicted octanol–water partition coefficient (Wildman–Crippen LogP) is -2.81. The van der Waals surface area contributed by atoms with Gasteiger partial charge in [-0.1, -0.05) is 6.08 Å². The second-order valence-corrected chi connectivity index (χ2v) is 10.9. The molecule has 0 spiro atoms. The van der Waals surface area contributed by atoms with Crippen LogP contribution in [0.25, 0.3) is 22.6 Å². The number of hydrogen-bond acceptors (Lipinski definition) is 12. The number of rotatable bonds is 5. The molecule has 14 nitrogen and oxygen atoms in total. The standard InChI is InChI=1S/C28H28N4O10/c33-7-10(8-34)30-32-26(40)20-18-13-3-1-11(35)5-15(13)29-22(18)23-19(21(20)27(32)41)14-4-2-12(36)6-16(14)31(23)28-25(39)24(38)17(37)9-42-28/h1-2,4-6,10,16-17,24-25,28-30,33-39H,3,7-9H2/t16?,17-,24+,25-,28-/m1/s1. The number of benzene rings is 1. The minimum absolute atomic E-state index is 0.000567. The number of aliphatic hydroxyl groups excluding tert-OH is 7. The average Bonchev–Trinajstić information content (AvgIpc) is 3.58. The molecule has 3 aliphatic heterocycles. The lowest BCUT2D eigenvalue weighted by molar-refractivity contribution is -0.186. The van der Waals surface area contributed by atoms with Gasteiger partial charge in [-0.25, -0.2) is 10.4 Å². The normalized spacial score (nSPS) is 28.1. The van der Waals surface area contributed by atoms with E-state index in [1.54, 1.807) is 17.1 Å². The third-order valence-corrected chi connectivity index (χ3v) is 8.43. The van der Waals surface area contributed by atoms with Crippen LogP contribution in [0.5, 0.6) is 0 Å². The minimum atomic E-state index is -1.60. The first kappa shape index (κ1) is 26.9. The van der Waals surface area contributed by atoms with Gasteiger partial charge in [0.2, 0.25) is 0 Å². The highest BCUT2D eigenvalue weighted by atomic mass is 16.5. The quantitative estimate of drug-likeness (QED) is 0.164. The van der Waals surface area contributed by atoms with Crippen molar-refractivity contribution in [3.63, 3.8) is 0 Å². The van der Waals surface area contributed by atoms with Gasteiger partial charge in [0.05, 0.1) is 54.2 Å². The molecule has 14 heteroatoms. The Morgan fingerprint density at radius 2 is 1.76 bits per heavy atom. The maximum atomic E-state index is 14.0. The van der Waals surface area contributed by atoms with Gasteiger partial charge in [-0.3, -0.25) is 9.59 Å². The van der Waals surface area contributed by atoms with E-state index in [-0.39, 0.29) is 35.7 Å². The third-order valence-electron chi connectivity index (χ3n) is 8.43. The number of carbonyl (C=O) groups excluding carboxylic acids is 2. The number of allylic oxidation sites excluding steroid dienone is 3. The number of imide groups is 1. The van der Waals surface area contributed by atoms with Crippen LogP contribution in [0.15, 0.2) is 35.8 Å². The summed E-state index contributed by atoms with van der Waals surface area (Å²) in [6.45, 7) is -1.41. The summed E-state index contributed by atoms with van der Waals surface area (Å²) in [6, 6.07) is -1.82. The Hall–Kier alpha value is -4.02. The van der Waals surface area contributed by atoms with Gasteiger partial charge in [0, 0.05) is 22.0 Å². The second-order valence-electron chi connectivity index (χ2n) is 10.9. The van der Waals surface area contributed by atoms with E-state index in [9.17, 15) is 45.3 Å². The molecule has 220 valence electrons. The number of hydrazine groups is 1. The van der Waals surface area contributed by atoms with Crippen LogP contribution in [0.4, 0.5) is 5.69 Å². The summed E-state index contributed by atoms with van der Waals surface area (Å²) in [5.74, 6) is -1.56. The Labute approximate surface area is 236 Å². The number of nitrogens with one attached hydrogen (secondary N) is 2. The van der Waals surface area contributed by atoms with E-state index in [1.165, 1.54) is 18.2 Å². The van der Waals surface area contributed by atoms with E-state index in [2.05, 4.69) is 10.4 Å². The van der Waals surface area contributed by atoms with Crippen LogP contribution in [-0.4, -0.2) is 114 Å². The monoisotopic (exact) mass is 580 g/mol. The number of aromatic amines is 1. The zero-order valence-corrected chi connectivity index (χ0v) is 21.9. The lowest BCUT2D eigenvalue weighted by Crippen LogP contribution is -2.60. The number of anilines is 1. The molecule has 7 rings (SSSR count). The molecule has 2 aromatic rings. The molecule has 4 heterocycles. The highest BCUT2D eigenvalue weighted by Gasteiger charge is 2.50. The van der Waals surface area contributed by atoms with Gasteiger partial charge in [0.25, 0.3) is 11.8 Å². The molecule has 1 fully saturated rings. The first-order valence-electron chi connectivity index (χ1n) is 13.4. The van der Waals surface area contributed by atoms with E-state index < -0.39 is 61.7 Å². The zero-order valence-electron chi connectivity index (χ0n) is 21.9. The first-order chi connectivity index (χ1) is 20.2. The van der Waals surface area contributed by atoms with Gasteiger partial charge in [0.1, 0.15) is 29.8 Å². The molecule has 0 bridgehead atoms. The Bertz CT molecular complexity index is 1770. The fourth-order valence-corrected chi connectivity index (χ4v) is 6.48. The summed E-state index contributed by atoms with van der Waals surface area (Å²) in [6.07, 6.45) is 2.02. The smallest absolute Gasteiger partial charge is 0.276 e. The summed E-state index contributed by atoms with van der Waals surface area (Å²) >= 11 is 0. The maximum absolute atomic E-state index is 14.0. The van der Waals surface area contributed by atoms with Crippen LogP contribution in [0.2, 0.25) is 0 Å². The molecule has 1 aromatic carbocycles. The van der Waals surface area contributed by atoms with Crippen molar-refractivity contribution in [2.24, 2.45) is 0 Å². The summed E-state index contributed by atoms with van der Waals surface area (Å²) in [5.41, 5.74) is 4.56. The van der Waals surface area contributed by atoms with E-state index in [4.69, 9.17) is 4.74 Å². The van der Waals surface area contributed by atoms with E-state index in [1.807, 2.05) is 0 Å². The molecular formula is C28H28N4O10. The van der Waals surface area contributed by atoms with E-state index >= 15 is 0 Å². The molecule has 1 aromatic heterocycles. The predicted molar refractivity (Wildman–Crippen MR) is 145 cm³/mol. The van der Waals surface area contributed by atoms with Gasteiger partial charge in [-0.15, -0.1) is 0 Å². The largest absolute Gasteiger partial charge is 0.508 e. The number of ether oxygens (including phenoxy) is 1. The minimum Gasteiger partial charge on any atom is -0.508 e. The van der Waals surface area contributed by atoms with Gasteiger partial charge in [-0.05, 0) is 35.8 Å². The van der Waals surface area contributed by atoms with Crippen molar-refractivity contribution in [3.8, 4) is 0 Å². The number of hydrogen-bond donors (Lipinski definition) is 9. The van der Waals surface area contributed by atoms with Gasteiger partial charge in [-0.2, -0.15) is 0 Å². The van der Waals surface area contributed by atoms with Crippen molar-refractivity contribution in [2.45, 2.75) is 43.0 Å². The number of fused-ring (bicyclic) bond motifs is 9. The van der Waals surface area contributed by atoms with Gasteiger partial charge < -0.3 is 50.4 Å². The molecular weight excluding hydrogens is 552 g/mol. The molecule has 0 saturated carbocycles.